The predicted octanol–water partition coefficient (Wildman–Crippen LogP) is 2.65. The molecule has 0 aliphatic heterocycles. The van der Waals surface area contributed by atoms with Crippen molar-refractivity contribution in [2.45, 2.75) is 6.92 Å². The van der Waals surface area contributed by atoms with Crippen LogP contribution >= 0.6 is 23.2 Å². The van der Waals surface area contributed by atoms with E-state index >= 15 is 0 Å². The van der Waals surface area contributed by atoms with Gasteiger partial charge in [-0.25, -0.2) is 4.79 Å². The lowest BCUT2D eigenvalue weighted by atomic mass is 10.2. The van der Waals surface area contributed by atoms with Gasteiger partial charge >= 0.3 is 5.97 Å². The number of aromatic carboxylic acids is 1. The molecule has 1 amide bonds. The number of benzene rings is 1. The quantitative estimate of drug-likeness (QED) is 0.845. The van der Waals surface area contributed by atoms with Crippen LogP contribution in [0.1, 0.15) is 17.3 Å². The summed E-state index contributed by atoms with van der Waals surface area (Å²) in [5.74, 6) is -1.55. The molecule has 0 atom stereocenters. The van der Waals surface area contributed by atoms with E-state index in [1.807, 2.05) is 0 Å². The van der Waals surface area contributed by atoms with Crippen molar-refractivity contribution >= 4 is 40.8 Å². The number of nitrogens with one attached hydrogen (secondary N) is 1. The van der Waals surface area contributed by atoms with Gasteiger partial charge in [0.1, 0.15) is 0 Å². The van der Waals surface area contributed by atoms with Crippen molar-refractivity contribution in [3.8, 4) is 0 Å². The van der Waals surface area contributed by atoms with E-state index in [2.05, 4.69) is 5.32 Å². The first kappa shape index (κ1) is 11.8. The lowest BCUT2D eigenvalue weighted by Crippen LogP contribution is -2.09. The predicted molar refractivity (Wildman–Crippen MR) is 57.7 cm³/mol. The Kier molecular flexibility index (Phi) is 3.55. The van der Waals surface area contributed by atoms with Crippen LogP contribution in [0.3, 0.4) is 0 Å². The maximum Gasteiger partial charge on any atom is 0.337 e. The third-order valence-corrected chi connectivity index (χ3v) is 2.33. The summed E-state index contributed by atoms with van der Waals surface area (Å²) in [5, 5.41) is 11.3. The smallest absolute Gasteiger partial charge is 0.337 e. The SMILES string of the molecule is CC(=O)Nc1c(Cl)ccc(C(=O)O)c1Cl. The number of anilines is 1. The van der Waals surface area contributed by atoms with E-state index in [0.29, 0.717) is 0 Å². The third-order valence-electron chi connectivity index (χ3n) is 1.62. The van der Waals surface area contributed by atoms with E-state index in [-0.39, 0.29) is 27.2 Å². The average Bonchev–Trinajstić information content (AvgIpc) is 2.11. The third kappa shape index (κ3) is 2.61. The lowest BCUT2D eigenvalue weighted by Gasteiger charge is -2.09. The highest BCUT2D eigenvalue weighted by Crippen LogP contribution is 2.33. The Balaban J connectivity index is 3.29. The summed E-state index contributed by atoms with van der Waals surface area (Å²) >= 11 is 11.5. The highest BCUT2D eigenvalue weighted by molar-refractivity contribution is 6.41. The average molecular weight is 248 g/mol. The Labute approximate surface area is 95.8 Å². The van der Waals surface area contributed by atoms with Gasteiger partial charge in [-0.2, -0.15) is 0 Å². The number of carboxylic acids is 1. The molecule has 2 N–H and O–H groups in total. The second-order valence-electron chi connectivity index (χ2n) is 2.77. The molecule has 0 spiro atoms. The molecule has 0 heterocycles. The number of hydrogen-bond donors (Lipinski definition) is 2. The Hall–Kier alpha value is -1.26. The molecule has 0 saturated heterocycles. The largest absolute Gasteiger partial charge is 0.478 e. The Bertz CT molecular complexity index is 432. The van der Waals surface area contributed by atoms with E-state index in [4.69, 9.17) is 28.3 Å². The molecule has 0 unspecified atom stereocenters. The lowest BCUT2D eigenvalue weighted by molar-refractivity contribution is -0.114. The van der Waals surface area contributed by atoms with Crippen LogP contribution in [0.25, 0.3) is 0 Å². The molecule has 6 heteroatoms. The molecular formula is C9H7Cl2NO3. The van der Waals surface area contributed by atoms with Crippen LogP contribution in [-0.2, 0) is 4.79 Å². The van der Waals surface area contributed by atoms with Crippen molar-refractivity contribution in [3.63, 3.8) is 0 Å². The van der Waals surface area contributed by atoms with Gasteiger partial charge in [0.2, 0.25) is 5.91 Å². The van der Waals surface area contributed by atoms with Crippen molar-refractivity contribution in [2.24, 2.45) is 0 Å². The molecule has 80 valence electrons. The second-order valence-corrected chi connectivity index (χ2v) is 3.56. The van der Waals surface area contributed by atoms with Crippen LogP contribution in [0.15, 0.2) is 12.1 Å². The van der Waals surface area contributed by atoms with Gasteiger partial charge in [-0.3, -0.25) is 4.79 Å². The van der Waals surface area contributed by atoms with Gasteiger partial charge in [0.05, 0.1) is 21.3 Å². The molecule has 4 nitrogen and oxygen atoms in total. The van der Waals surface area contributed by atoms with Gasteiger partial charge in [-0.05, 0) is 12.1 Å². The fraction of sp³-hybridized carbons (Fsp3) is 0.111. The highest BCUT2D eigenvalue weighted by Gasteiger charge is 2.15. The maximum absolute atomic E-state index is 10.8. The molecule has 1 rings (SSSR count). The van der Waals surface area contributed by atoms with Gasteiger partial charge in [0, 0.05) is 6.92 Å². The minimum absolute atomic E-state index is 0.0785. The fourth-order valence-electron chi connectivity index (χ4n) is 1.01. The van der Waals surface area contributed by atoms with Crippen molar-refractivity contribution in [1.29, 1.82) is 0 Å². The summed E-state index contributed by atoms with van der Waals surface area (Å²) < 4.78 is 0. The Morgan fingerprint density at radius 1 is 1.33 bits per heavy atom. The second kappa shape index (κ2) is 4.51. The summed E-state index contributed by atoms with van der Waals surface area (Å²) in [6.07, 6.45) is 0. The zero-order chi connectivity index (χ0) is 11.6. The molecule has 1 aromatic rings. The number of carboxylic acid groups (broad SMARTS) is 1. The molecular weight excluding hydrogens is 241 g/mol. The van der Waals surface area contributed by atoms with Crippen molar-refractivity contribution in [2.75, 3.05) is 5.32 Å². The van der Waals surface area contributed by atoms with Crippen molar-refractivity contribution in [3.05, 3.63) is 27.7 Å². The first-order valence-electron chi connectivity index (χ1n) is 3.92. The first-order valence-corrected chi connectivity index (χ1v) is 4.68. The number of hydrogen-bond acceptors (Lipinski definition) is 2. The van der Waals surface area contributed by atoms with E-state index in [9.17, 15) is 9.59 Å². The van der Waals surface area contributed by atoms with Gasteiger partial charge in [-0.1, -0.05) is 23.2 Å². The zero-order valence-electron chi connectivity index (χ0n) is 7.67. The van der Waals surface area contributed by atoms with Gasteiger partial charge in [0.25, 0.3) is 0 Å². The van der Waals surface area contributed by atoms with Crippen LogP contribution < -0.4 is 5.32 Å². The topological polar surface area (TPSA) is 66.4 Å². The van der Waals surface area contributed by atoms with Crippen LogP contribution in [0.2, 0.25) is 10.0 Å². The number of halogens is 2. The minimum atomic E-state index is -1.18. The molecule has 0 radical (unpaired) electrons. The first-order chi connectivity index (χ1) is 6.93. The molecule has 0 fully saturated rings. The van der Waals surface area contributed by atoms with E-state index in [1.54, 1.807) is 0 Å². The summed E-state index contributed by atoms with van der Waals surface area (Å²) in [7, 11) is 0. The van der Waals surface area contributed by atoms with Gasteiger partial charge in [-0.15, -0.1) is 0 Å². The number of carbonyl (C=O) groups is 2. The molecule has 0 aliphatic rings. The van der Waals surface area contributed by atoms with Crippen LogP contribution in [-0.4, -0.2) is 17.0 Å². The van der Waals surface area contributed by atoms with E-state index < -0.39 is 5.97 Å². The number of amides is 1. The monoisotopic (exact) mass is 247 g/mol. The standard InChI is InChI=1S/C9H7Cl2NO3/c1-4(13)12-8-6(10)3-2-5(7(8)11)9(14)15/h2-3H,1H3,(H,12,13)(H,14,15). The van der Waals surface area contributed by atoms with Gasteiger partial charge in [0.15, 0.2) is 0 Å². The number of carbonyl (C=O) groups excluding carboxylic acids is 1. The van der Waals surface area contributed by atoms with Crippen LogP contribution in [0, 0.1) is 0 Å². The maximum atomic E-state index is 10.8. The van der Waals surface area contributed by atoms with Crippen LogP contribution in [0.4, 0.5) is 5.69 Å². The van der Waals surface area contributed by atoms with Gasteiger partial charge < -0.3 is 10.4 Å². The molecule has 0 saturated carbocycles. The summed E-state index contributed by atoms with van der Waals surface area (Å²) in [6.45, 7) is 1.28. The fourth-order valence-corrected chi connectivity index (χ4v) is 1.55. The summed E-state index contributed by atoms with van der Waals surface area (Å²) in [6, 6.07) is 2.64. The summed E-state index contributed by atoms with van der Waals surface area (Å²) in [5.41, 5.74) is 0.00977. The highest BCUT2D eigenvalue weighted by atomic mass is 35.5. The van der Waals surface area contributed by atoms with E-state index in [1.165, 1.54) is 19.1 Å². The Morgan fingerprint density at radius 3 is 2.40 bits per heavy atom. The van der Waals surface area contributed by atoms with Crippen molar-refractivity contribution < 1.29 is 14.7 Å². The molecule has 0 aliphatic carbocycles. The molecule has 0 bridgehead atoms. The summed E-state index contributed by atoms with van der Waals surface area (Å²) in [4.78, 5) is 21.6. The normalized spacial score (nSPS) is 9.80. The molecule has 15 heavy (non-hydrogen) atoms. The minimum Gasteiger partial charge on any atom is -0.478 e. The Morgan fingerprint density at radius 2 is 1.93 bits per heavy atom. The molecule has 0 aromatic heterocycles. The van der Waals surface area contributed by atoms with Crippen LogP contribution in [0.5, 0.6) is 0 Å². The van der Waals surface area contributed by atoms with E-state index in [0.717, 1.165) is 0 Å². The molecule has 1 aromatic carbocycles. The number of rotatable bonds is 2. The zero-order valence-corrected chi connectivity index (χ0v) is 9.19. The van der Waals surface area contributed by atoms with Crippen molar-refractivity contribution in [1.82, 2.24) is 0 Å².